The minimum Gasteiger partial charge on any atom is -0.325 e. The number of nitrogens with two attached hydrogens (primary N) is 1. The van der Waals surface area contributed by atoms with Gasteiger partial charge in [-0.25, -0.2) is 18.1 Å². The van der Waals surface area contributed by atoms with Gasteiger partial charge in [-0.1, -0.05) is 0 Å². The Labute approximate surface area is 82.2 Å². The molecule has 1 unspecified atom stereocenters. The normalized spacial score (nSPS) is 13.3. The van der Waals surface area contributed by atoms with Gasteiger partial charge in [0.2, 0.25) is 0 Å². The van der Waals surface area contributed by atoms with E-state index in [0.717, 1.165) is 3.97 Å². The number of rotatable bonds is 2. The molecule has 0 aromatic carbocycles. The minimum atomic E-state index is -2.10. The Morgan fingerprint density at radius 2 is 2.43 bits per heavy atom. The topological polar surface area (TPSA) is 94.0 Å². The van der Waals surface area contributed by atoms with E-state index in [0.29, 0.717) is 23.4 Å². The summed E-state index contributed by atoms with van der Waals surface area (Å²) in [7, 11) is 0. The van der Waals surface area contributed by atoms with Crippen molar-refractivity contribution in [3.8, 4) is 0 Å². The molecule has 1 atom stereocenters. The molecular weight excluding hydrogens is 204 g/mol. The SMILES string of the molecule is NCc1cnc2c(ccn2S(=O)O)n1. The zero-order chi connectivity index (χ0) is 10.1. The lowest BCUT2D eigenvalue weighted by Gasteiger charge is -1.98. The molecule has 6 nitrogen and oxygen atoms in total. The van der Waals surface area contributed by atoms with Crippen molar-refractivity contribution in [2.24, 2.45) is 5.73 Å². The van der Waals surface area contributed by atoms with Gasteiger partial charge < -0.3 is 5.73 Å². The van der Waals surface area contributed by atoms with Crippen LogP contribution in [0.2, 0.25) is 0 Å². The molecule has 0 aliphatic heterocycles. The highest BCUT2D eigenvalue weighted by molar-refractivity contribution is 7.77. The summed E-state index contributed by atoms with van der Waals surface area (Å²) in [6, 6.07) is 1.62. The van der Waals surface area contributed by atoms with Gasteiger partial charge in [0.15, 0.2) is 5.65 Å². The van der Waals surface area contributed by atoms with Gasteiger partial charge in [-0.05, 0) is 6.07 Å². The lowest BCUT2D eigenvalue weighted by atomic mass is 10.4. The van der Waals surface area contributed by atoms with Crippen LogP contribution < -0.4 is 5.73 Å². The van der Waals surface area contributed by atoms with Gasteiger partial charge in [0.1, 0.15) is 5.52 Å². The maximum absolute atomic E-state index is 10.8. The maximum Gasteiger partial charge on any atom is 0.267 e. The molecule has 0 bridgehead atoms. The molecule has 0 spiro atoms. The fourth-order valence-corrected chi connectivity index (χ4v) is 1.60. The smallest absolute Gasteiger partial charge is 0.267 e. The standard InChI is InChI=1S/C7H8N4O2S/c8-3-5-4-9-7-6(10-5)1-2-11(7)14(12)13/h1-2,4H,3,8H2,(H,12,13). The second-order valence-electron chi connectivity index (χ2n) is 2.65. The summed E-state index contributed by atoms with van der Waals surface area (Å²) in [6.45, 7) is 0.302. The average molecular weight is 212 g/mol. The number of fused-ring (bicyclic) bond motifs is 1. The zero-order valence-electron chi connectivity index (χ0n) is 7.12. The van der Waals surface area contributed by atoms with Crippen LogP contribution in [0.15, 0.2) is 18.5 Å². The summed E-state index contributed by atoms with van der Waals surface area (Å²) in [5.41, 5.74) is 6.98. The van der Waals surface area contributed by atoms with Crippen molar-refractivity contribution in [1.29, 1.82) is 0 Å². The van der Waals surface area contributed by atoms with Gasteiger partial charge in [-0.15, -0.1) is 0 Å². The molecule has 0 saturated heterocycles. The van der Waals surface area contributed by atoms with Crippen molar-refractivity contribution in [3.05, 3.63) is 24.2 Å². The van der Waals surface area contributed by atoms with Gasteiger partial charge >= 0.3 is 0 Å². The van der Waals surface area contributed by atoms with E-state index in [2.05, 4.69) is 9.97 Å². The van der Waals surface area contributed by atoms with Crippen LogP contribution in [0, 0.1) is 0 Å². The first-order valence-corrected chi connectivity index (χ1v) is 4.93. The van der Waals surface area contributed by atoms with Crippen molar-refractivity contribution >= 4 is 22.4 Å². The van der Waals surface area contributed by atoms with Gasteiger partial charge in [-0.2, -0.15) is 0 Å². The Kier molecular flexibility index (Phi) is 2.28. The molecule has 2 heterocycles. The molecule has 14 heavy (non-hydrogen) atoms. The largest absolute Gasteiger partial charge is 0.325 e. The van der Waals surface area contributed by atoms with E-state index in [1.807, 2.05) is 0 Å². The van der Waals surface area contributed by atoms with E-state index < -0.39 is 11.3 Å². The van der Waals surface area contributed by atoms with E-state index >= 15 is 0 Å². The highest BCUT2D eigenvalue weighted by Gasteiger charge is 2.07. The third kappa shape index (κ3) is 1.41. The third-order valence-electron chi connectivity index (χ3n) is 1.78. The zero-order valence-corrected chi connectivity index (χ0v) is 7.94. The van der Waals surface area contributed by atoms with Crippen molar-refractivity contribution in [3.63, 3.8) is 0 Å². The minimum absolute atomic E-state index is 0.302. The first kappa shape index (κ1) is 9.25. The Morgan fingerprint density at radius 1 is 1.64 bits per heavy atom. The molecule has 0 radical (unpaired) electrons. The number of hydrogen-bond donors (Lipinski definition) is 2. The van der Waals surface area contributed by atoms with Crippen LogP contribution >= 0.6 is 0 Å². The molecule has 2 aromatic rings. The molecular formula is C7H8N4O2S. The fraction of sp³-hybridized carbons (Fsp3) is 0.143. The highest BCUT2D eigenvalue weighted by Crippen LogP contribution is 2.11. The molecule has 2 rings (SSSR count). The van der Waals surface area contributed by atoms with Crippen LogP contribution in [-0.2, 0) is 17.8 Å². The highest BCUT2D eigenvalue weighted by atomic mass is 32.2. The molecule has 0 amide bonds. The van der Waals surface area contributed by atoms with E-state index in [9.17, 15) is 4.21 Å². The van der Waals surface area contributed by atoms with E-state index in [1.165, 1.54) is 12.4 Å². The number of nitrogens with zero attached hydrogens (tertiary/aromatic N) is 3. The number of aromatic nitrogens is 3. The summed E-state index contributed by atoms with van der Waals surface area (Å²) in [5, 5.41) is 0. The second-order valence-corrected chi connectivity index (χ2v) is 3.50. The van der Waals surface area contributed by atoms with Crippen molar-refractivity contribution in [2.75, 3.05) is 0 Å². The van der Waals surface area contributed by atoms with Crippen LogP contribution in [0.1, 0.15) is 5.69 Å². The van der Waals surface area contributed by atoms with Gasteiger partial charge in [-0.3, -0.25) is 4.55 Å². The second kappa shape index (κ2) is 3.45. The van der Waals surface area contributed by atoms with Crippen LogP contribution in [0.3, 0.4) is 0 Å². The summed E-state index contributed by atoms with van der Waals surface area (Å²) in [4.78, 5) is 8.14. The van der Waals surface area contributed by atoms with Crippen LogP contribution in [-0.4, -0.2) is 22.7 Å². The van der Waals surface area contributed by atoms with E-state index in [-0.39, 0.29) is 0 Å². The summed E-state index contributed by atoms with van der Waals surface area (Å²) in [6.07, 6.45) is 2.95. The molecule has 0 fully saturated rings. The van der Waals surface area contributed by atoms with Crippen LogP contribution in [0.4, 0.5) is 0 Å². The maximum atomic E-state index is 10.8. The predicted molar refractivity (Wildman–Crippen MR) is 51.6 cm³/mol. The van der Waals surface area contributed by atoms with Gasteiger partial charge in [0.25, 0.3) is 11.3 Å². The fourth-order valence-electron chi connectivity index (χ4n) is 1.15. The predicted octanol–water partition coefficient (Wildman–Crippen LogP) is -0.125. The lowest BCUT2D eigenvalue weighted by Crippen LogP contribution is -2.04. The quantitative estimate of drug-likeness (QED) is 0.676. The Bertz CT molecular complexity index is 495. The van der Waals surface area contributed by atoms with Crippen molar-refractivity contribution in [2.45, 2.75) is 6.54 Å². The van der Waals surface area contributed by atoms with Crippen molar-refractivity contribution in [1.82, 2.24) is 13.9 Å². The Morgan fingerprint density at radius 3 is 3.07 bits per heavy atom. The first-order valence-electron chi connectivity index (χ1n) is 3.87. The molecule has 7 heteroatoms. The molecule has 2 aromatic heterocycles. The molecule has 0 aliphatic carbocycles. The molecule has 74 valence electrons. The van der Waals surface area contributed by atoms with Crippen LogP contribution in [0.25, 0.3) is 11.2 Å². The average Bonchev–Trinajstić information content (AvgIpc) is 2.59. The lowest BCUT2D eigenvalue weighted by molar-refractivity contribution is 0.556. The van der Waals surface area contributed by atoms with Gasteiger partial charge in [0, 0.05) is 12.7 Å². The molecule has 3 N–H and O–H groups in total. The van der Waals surface area contributed by atoms with E-state index in [4.69, 9.17) is 10.3 Å². The summed E-state index contributed by atoms with van der Waals surface area (Å²) >= 11 is -2.10. The molecule has 0 aliphatic rings. The summed E-state index contributed by atoms with van der Waals surface area (Å²) < 4.78 is 20.8. The molecule has 0 saturated carbocycles. The Hall–Kier alpha value is -1.31. The number of hydrogen-bond acceptors (Lipinski definition) is 4. The van der Waals surface area contributed by atoms with E-state index in [1.54, 1.807) is 6.07 Å². The monoisotopic (exact) mass is 212 g/mol. The van der Waals surface area contributed by atoms with Crippen LogP contribution in [0.5, 0.6) is 0 Å². The third-order valence-corrected chi connectivity index (χ3v) is 2.41. The van der Waals surface area contributed by atoms with Crippen molar-refractivity contribution < 1.29 is 8.76 Å². The Balaban J connectivity index is 2.65. The first-order chi connectivity index (χ1) is 6.72. The summed E-state index contributed by atoms with van der Waals surface area (Å²) in [5.74, 6) is 0. The van der Waals surface area contributed by atoms with Gasteiger partial charge in [0.05, 0.1) is 11.9 Å².